The maximum Gasteiger partial charge on any atom is 0.188 e. The molecule has 2 atom stereocenters. The van der Waals surface area contributed by atoms with Crippen LogP contribution in [0.15, 0.2) is 42.6 Å². The van der Waals surface area contributed by atoms with Crippen molar-refractivity contribution < 1.29 is 9.53 Å². The molecule has 0 radical (unpaired) electrons. The summed E-state index contributed by atoms with van der Waals surface area (Å²) in [6.07, 6.45) is 2.96. The van der Waals surface area contributed by atoms with Gasteiger partial charge in [-0.05, 0) is 11.6 Å². The summed E-state index contributed by atoms with van der Waals surface area (Å²) in [6, 6.07) is 9.82. The number of ether oxygens (including phenoxy) is 1. The topological polar surface area (TPSA) is 32.8 Å². The zero-order valence-electron chi connectivity index (χ0n) is 9.46. The molecule has 1 heterocycles. The summed E-state index contributed by atoms with van der Waals surface area (Å²) >= 11 is 0. The van der Waals surface area contributed by atoms with Crippen LogP contribution in [-0.4, -0.2) is 30.9 Å². The average Bonchev–Trinajstić information content (AvgIpc) is 3.07. The molecule has 84 valence electrons. The zero-order chi connectivity index (χ0) is 11.5. The van der Waals surface area contributed by atoms with Crippen molar-refractivity contribution in [2.45, 2.75) is 12.2 Å². The molecule has 1 saturated heterocycles. The highest BCUT2D eigenvalue weighted by atomic mass is 16.6. The van der Waals surface area contributed by atoms with Crippen LogP contribution in [0.1, 0.15) is 11.7 Å². The molecule has 3 nitrogen and oxygen atoms in total. The van der Waals surface area contributed by atoms with Crippen molar-refractivity contribution >= 4 is 5.78 Å². The van der Waals surface area contributed by atoms with Crippen LogP contribution in [0.4, 0.5) is 0 Å². The minimum Gasteiger partial charge on any atom is -0.383 e. The van der Waals surface area contributed by atoms with Gasteiger partial charge in [0.05, 0.1) is 0 Å². The van der Waals surface area contributed by atoms with Gasteiger partial charge in [-0.25, -0.2) is 0 Å². The van der Waals surface area contributed by atoms with Gasteiger partial charge in [0, 0.05) is 20.3 Å². The predicted molar refractivity (Wildman–Crippen MR) is 61.9 cm³/mol. The lowest BCUT2D eigenvalue weighted by Gasteiger charge is -2.01. The Hall–Kier alpha value is -1.61. The van der Waals surface area contributed by atoms with Crippen LogP contribution in [0.3, 0.4) is 0 Å². The highest BCUT2D eigenvalue weighted by molar-refractivity contribution is 5.95. The lowest BCUT2D eigenvalue weighted by Crippen LogP contribution is -2.07. The third-order valence-electron chi connectivity index (χ3n) is 2.44. The lowest BCUT2D eigenvalue weighted by molar-refractivity contribution is -0.115. The number of hydrogen-bond acceptors (Lipinski definition) is 3. The third kappa shape index (κ3) is 2.49. The molecule has 3 heteroatoms. The molecule has 0 saturated carbocycles. The van der Waals surface area contributed by atoms with E-state index in [2.05, 4.69) is 0 Å². The molecule has 1 aliphatic heterocycles. The zero-order valence-corrected chi connectivity index (χ0v) is 9.46. The second kappa shape index (κ2) is 4.49. The quantitative estimate of drug-likeness (QED) is 0.569. The van der Waals surface area contributed by atoms with Crippen LogP contribution >= 0.6 is 0 Å². The number of hydrogen-bond donors (Lipinski definition) is 0. The van der Waals surface area contributed by atoms with E-state index in [0.29, 0.717) is 0 Å². The van der Waals surface area contributed by atoms with Gasteiger partial charge in [-0.15, -0.1) is 0 Å². The fourth-order valence-electron chi connectivity index (χ4n) is 1.54. The van der Waals surface area contributed by atoms with Crippen molar-refractivity contribution in [2.24, 2.45) is 0 Å². The van der Waals surface area contributed by atoms with Crippen molar-refractivity contribution in [3.8, 4) is 0 Å². The first kappa shape index (κ1) is 10.9. The minimum absolute atomic E-state index is 0.0301. The van der Waals surface area contributed by atoms with Crippen molar-refractivity contribution in [2.75, 3.05) is 14.1 Å². The Morgan fingerprint density at radius 1 is 1.31 bits per heavy atom. The Bertz CT molecular complexity index is 398. The largest absolute Gasteiger partial charge is 0.383 e. The molecule has 0 bridgehead atoms. The molecule has 1 aromatic rings. The van der Waals surface area contributed by atoms with E-state index < -0.39 is 0 Å². The molecule has 2 unspecified atom stereocenters. The molecule has 0 N–H and O–H groups in total. The normalized spacial score (nSPS) is 23.4. The van der Waals surface area contributed by atoms with E-state index in [1.165, 1.54) is 0 Å². The summed E-state index contributed by atoms with van der Waals surface area (Å²) in [5, 5.41) is 0. The standard InChI is InChI=1S/C13H15NO2/c1-14(2)9-8-11(15)13-12(16-13)10-6-4-3-5-7-10/h3-9,12-13H,1-2H3. The molecule has 16 heavy (non-hydrogen) atoms. The summed E-state index contributed by atoms with van der Waals surface area (Å²) in [5.74, 6) is 0.0301. The summed E-state index contributed by atoms with van der Waals surface area (Å²) < 4.78 is 5.38. The molecule has 0 spiro atoms. The van der Waals surface area contributed by atoms with E-state index in [1.54, 1.807) is 12.3 Å². The first-order chi connectivity index (χ1) is 7.68. The summed E-state index contributed by atoms with van der Waals surface area (Å²) in [6.45, 7) is 0. The van der Waals surface area contributed by atoms with Crippen molar-refractivity contribution in [3.63, 3.8) is 0 Å². The number of carbonyl (C=O) groups excluding carboxylic acids is 1. The Morgan fingerprint density at radius 3 is 2.62 bits per heavy atom. The third-order valence-corrected chi connectivity index (χ3v) is 2.44. The van der Waals surface area contributed by atoms with Crippen molar-refractivity contribution in [1.82, 2.24) is 4.90 Å². The Labute approximate surface area is 95.3 Å². The number of carbonyl (C=O) groups is 1. The maximum absolute atomic E-state index is 11.7. The van der Waals surface area contributed by atoms with E-state index in [4.69, 9.17) is 4.74 Å². The fraction of sp³-hybridized carbons (Fsp3) is 0.308. The van der Waals surface area contributed by atoms with Gasteiger partial charge < -0.3 is 9.64 Å². The fourth-order valence-corrected chi connectivity index (χ4v) is 1.54. The van der Waals surface area contributed by atoms with E-state index in [9.17, 15) is 4.79 Å². The van der Waals surface area contributed by atoms with Gasteiger partial charge in [-0.1, -0.05) is 30.3 Å². The Morgan fingerprint density at radius 2 is 2.00 bits per heavy atom. The van der Waals surface area contributed by atoms with E-state index in [1.807, 2.05) is 49.3 Å². The van der Waals surface area contributed by atoms with Gasteiger partial charge in [0.25, 0.3) is 0 Å². The molecule has 1 fully saturated rings. The second-order valence-corrected chi connectivity index (χ2v) is 4.07. The molecule has 0 aliphatic carbocycles. The van der Waals surface area contributed by atoms with E-state index in [0.717, 1.165) is 5.56 Å². The van der Waals surface area contributed by atoms with Crippen LogP contribution < -0.4 is 0 Å². The highest BCUT2D eigenvalue weighted by Crippen LogP contribution is 2.39. The van der Waals surface area contributed by atoms with Gasteiger partial charge in [0.2, 0.25) is 0 Å². The van der Waals surface area contributed by atoms with E-state index in [-0.39, 0.29) is 18.0 Å². The molecule has 0 amide bonds. The van der Waals surface area contributed by atoms with Crippen LogP contribution in [0.5, 0.6) is 0 Å². The van der Waals surface area contributed by atoms with Crippen LogP contribution in [0.25, 0.3) is 0 Å². The Kier molecular flexibility index (Phi) is 3.06. The summed E-state index contributed by atoms with van der Waals surface area (Å²) in [7, 11) is 3.76. The summed E-state index contributed by atoms with van der Waals surface area (Å²) in [4.78, 5) is 13.5. The van der Waals surface area contributed by atoms with Gasteiger partial charge in [0.15, 0.2) is 11.9 Å². The number of benzene rings is 1. The average molecular weight is 217 g/mol. The highest BCUT2D eigenvalue weighted by Gasteiger charge is 2.44. The van der Waals surface area contributed by atoms with Gasteiger partial charge in [-0.3, -0.25) is 4.79 Å². The molecular formula is C13H15NO2. The maximum atomic E-state index is 11.7. The van der Waals surface area contributed by atoms with Crippen LogP contribution in [0.2, 0.25) is 0 Å². The molecular weight excluding hydrogens is 202 g/mol. The number of nitrogens with zero attached hydrogens (tertiary/aromatic N) is 1. The lowest BCUT2D eigenvalue weighted by atomic mass is 10.1. The van der Waals surface area contributed by atoms with Gasteiger partial charge in [-0.2, -0.15) is 0 Å². The van der Waals surface area contributed by atoms with Crippen LogP contribution in [0, 0.1) is 0 Å². The van der Waals surface area contributed by atoms with Gasteiger partial charge in [0.1, 0.15) is 6.10 Å². The minimum atomic E-state index is -0.293. The number of epoxide rings is 1. The Balaban J connectivity index is 1.94. The number of ketones is 1. The molecule has 1 aliphatic rings. The van der Waals surface area contributed by atoms with Crippen molar-refractivity contribution in [3.05, 3.63) is 48.2 Å². The SMILES string of the molecule is CN(C)C=CC(=O)C1OC1c1ccccc1. The molecule has 0 aromatic heterocycles. The molecule has 1 aromatic carbocycles. The predicted octanol–water partition coefficient (Wildman–Crippen LogP) is 1.77. The first-order valence-electron chi connectivity index (χ1n) is 5.27. The monoisotopic (exact) mass is 217 g/mol. The number of rotatable bonds is 4. The summed E-state index contributed by atoms with van der Waals surface area (Å²) in [5.41, 5.74) is 1.07. The van der Waals surface area contributed by atoms with Crippen LogP contribution in [-0.2, 0) is 9.53 Å². The van der Waals surface area contributed by atoms with Gasteiger partial charge >= 0.3 is 0 Å². The van der Waals surface area contributed by atoms with Crippen molar-refractivity contribution in [1.29, 1.82) is 0 Å². The van der Waals surface area contributed by atoms with E-state index >= 15 is 0 Å². The first-order valence-corrected chi connectivity index (χ1v) is 5.27. The molecule has 2 rings (SSSR count). The second-order valence-electron chi connectivity index (χ2n) is 4.07. The smallest absolute Gasteiger partial charge is 0.188 e.